The fraction of sp³-hybridized carbons (Fsp3) is 0.800. The normalized spacial score (nSPS) is 21.1. The number of alkyl halides is 3. The van der Waals surface area contributed by atoms with Crippen LogP contribution in [0, 0.1) is 5.41 Å². The number of hydrogen-bond donors (Lipinski definition) is 2. The second-order valence-corrected chi connectivity index (χ2v) is 2.52. The summed E-state index contributed by atoms with van der Waals surface area (Å²) in [6.45, 7) is 0. The lowest BCUT2D eigenvalue weighted by atomic mass is 10.1. The van der Waals surface area contributed by atoms with Crippen molar-refractivity contribution >= 4 is 5.91 Å². The monoisotopic (exact) mass is 169 g/mol. The summed E-state index contributed by atoms with van der Waals surface area (Å²) >= 11 is 0. The van der Waals surface area contributed by atoms with E-state index in [1.54, 1.807) is 0 Å². The molecule has 11 heavy (non-hydrogen) atoms. The molecular weight excluding hydrogens is 163 g/mol. The molecule has 0 spiro atoms. The molecule has 1 aliphatic carbocycles. The third-order valence-corrected chi connectivity index (χ3v) is 1.83. The summed E-state index contributed by atoms with van der Waals surface area (Å²) in [5.74, 6) is -1.36. The Labute approximate surface area is 60.1 Å². The fourth-order valence-electron chi connectivity index (χ4n) is 0.871. The van der Waals surface area contributed by atoms with E-state index in [9.17, 15) is 18.0 Å². The lowest BCUT2D eigenvalue weighted by Gasteiger charge is -2.15. The number of rotatable bonds is 1. The maximum absolute atomic E-state index is 12.0. The fourth-order valence-corrected chi connectivity index (χ4v) is 0.871. The second-order valence-electron chi connectivity index (χ2n) is 2.52. The minimum absolute atomic E-state index is 0.233. The minimum Gasteiger partial charge on any atom is -0.289 e. The first-order valence-corrected chi connectivity index (χ1v) is 2.95. The zero-order valence-electron chi connectivity index (χ0n) is 5.40. The molecule has 1 saturated carbocycles. The van der Waals surface area contributed by atoms with Crippen LogP contribution in [0.5, 0.6) is 0 Å². The van der Waals surface area contributed by atoms with Gasteiger partial charge in [0, 0.05) is 0 Å². The van der Waals surface area contributed by atoms with E-state index >= 15 is 0 Å². The molecule has 64 valence electrons. The summed E-state index contributed by atoms with van der Waals surface area (Å²) in [5, 5.41) is 7.97. The SMILES string of the molecule is O=C(NO)C1(C(F)(F)F)CC1. The number of amides is 1. The van der Waals surface area contributed by atoms with Crippen molar-refractivity contribution in [1.29, 1.82) is 0 Å². The molecule has 2 N–H and O–H groups in total. The van der Waals surface area contributed by atoms with Gasteiger partial charge in [0.1, 0.15) is 5.41 Å². The van der Waals surface area contributed by atoms with E-state index in [0.29, 0.717) is 0 Å². The molecule has 1 aliphatic rings. The molecule has 0 bridgehead atoms. The molecule has 0 atom stereocenters. The van der Waals surface area contributed by atoms with Crippen molar-refractivity contribution in [3.63, 3.8) is 0 Å². The molecule has 1 rings (SSSR count). The van der Waals surface area contributed by atoms with Gasteiger partial charge >= 0.3 is 6.18 Å². The molecule has 0 radical (unpaired) electrons. The van der Waals surface area contributed by atoms with Gasteiger partial charge in [-0.25, -0.2) is 5.48 Å². The van der Waals surface area contributed by atoms with Crippen molar-refractivity contribution in [3.8, 4) is 0 Å². The number of halogens is 3. The molecule has 3 nitrogen and oxygen atoms in total. The maximum atomic E-state index is 12.0. The topological polar surface area (TPSA) is 49.3 Å². The first kappa shape index (κ1) is 8.32. The van der Waals surface area contributed by atoms with Gasteiger partial charge in [0.05, 0.1) is 0 Å². The molecule has 1 amide bonds. The van der Waals surface area contributed by atoms with E-state index in [-0.39, 0.29) is 12.8 Å². The summed E-state index contributed by atoms with van der Waals surface area (Å²) in [5.41, 5.74) is -1.29. The second kappa shape index (κ2) is 2.10. The van der Waals surface area contributed by atoms with Crippen LogP contribution in [-0.4, -0.2) is 17.3 Å². The van der Waals surface area contributed by atoms with Gasteiger partial charge in [-0.15, -0.1) is 0 Å². The molecule has 0 aromatic heterocycles. The molecule has 0 unspecified atom stereocenters. The van der Waals surface area contributed by atoms with Crippen LogP contribution in [0.3, 0.4) is 0 Å². The van der Waals surface area contributed by atoms with Crippen LogP contribution in [0.2, 0.25) is 0 Å². The highest BCUT2D eigenvalue weighted by atomic mass is 19.4. The van der Waals surface area contributed by atoms with Crippen molar-refractivity contribution in [2.45, 2.75) is 19.0 Å². The van der Waals surface area contributed by atoms with Gasteiger partial charge in [0.25, 0.3) is 5.91 Å². The van der Waals surface area contributed by atoms with Gasteiger partial charge in [-0.3, -0.25) is 10.0 Å². The molecule has 0 aromatic rings. The van der Waals surface area contributed by atoms with E-state index in [1.807, 2.05) is 0 Å². The van der Waals surface area contributed by atoms with Crippen LogP contribution >= 0.6 is 0 Å². The largest absolute Gasteiger partial charge is 0.403 e. The summed E-state index contributed by atoms with van der Waals surface area (Å²) in [6.07, 6.45) is -5.01. The zero-order valence-corrected chi connectivity index (χ0v) is 5.40. The smallest absolute Gasteiger partial charge is 0.289 e. The summed E-state index contributed by atoms with van der Waals surface area (Å²) in [7, 11) is 0. The van der Waals surface area contributed by atoms with Gasteiger partial charge in [0.15, 0.2) is 0 Å². The van der Waals surface area contributed by atoms with E-state index in [1.165, 1.54) is 0 Å². The lowest BCUT2D eigenvalue weighted by molar-refractivity contribution is -0.196. The van der Waals surface area contributed by atoms with Crippen LogP contribution in [0.25, 0.3) is 0 Å². The summed E-state index contributed by atoms with van der Waals surface area (Å²) < 4.78 is 35.9. The van der Waals surface area contributed by atoms with Crippen LogP contribution in [0.4, 0.5) is 13.2 Å². The Bertz CT molecular complexity index is 185. The number of carbonyl (C=O) groups excluding carboxylic acids is 1. The van der Waals surface area contributed by atoms with Crippen molar-refractivity contribution in [1.82, 2.24) is 5.48 Å². The van der Waals surface area contributed by atoms with Crippen molar-refractivity contribution in [3.05, 3.63) is 0 Å². The van der Waals surface area contributed by atoms with Gasteiger partial charge in [-0.05, 0) is 12.8 Å². The lowest BCUT2D eigenvalue weighted by Crippen LogP contribution is -2.39. The van der Waals surface area contributed by atoms with E-state index in [0.717, 1.165) is 5.48 Å². The van der Waals surface area contributed by atoms with Crippen LogP contribution < -0.4 is 5.48 Å². The Morgan fingerprint density at radius 1 is 1.45 bits per heavy atom. The predicted molar refractivity (Wildman–Crippen MR) is 27.7 cm³/mol. The quantitative estimate of drug-likeness (QED) is 0.451. The Kier molecular flexibility index (Phi) is 1.59. The molecule has 1 fully saturated rings. The third-order valence-electron chi connectivity index (χ3n) is 1.83. The molecule has 6 heteroatoms. The number of carbonyl (C=O) groups is 1. The van der Waals surface area contributed by atoms with Gasteiger partial charge in [-0.2, -0.15) is 13.2 Å². The average molecular weight is 169 g/mol. The van der Waals surface area contributed by atoms with Crippen LogP contribution in [0.15, 0.2) is 0 Å². The third kappa shape index (κ3) is 1.07. The molecule has 0 aromatic carbocycles. The average Bonchev–Trinajstić information content (AvgIpc) is 2.63. The Hall–Kier alpha value is -0.780. The van der Waals surface area contributed by atoms with Crippen molar-refractivity contribution in [2.75, 3.05) is 0 Å². The molecule has 0 heterocycles. The maximum Gasteiger partial charge on any atom is 0.403 e. The van der Waals surface area contributed by atoms with Gasteiger partial charge in [0.2, 0.25) is 0 Å². The zero-order chi connectivity index (χ0) is 8.70. The van der Waals surface area contributed by atoms with E-state index < -0.39 is 17.5 Å². The highest BCUT2D eigenvalue weighted by Crippen LogP contribution is 2.57. The van der Waals surface area contributed by atoms with Crippen molar-refractivity contribution in [2.24, 2.45) is 5.41 Å². The van der Waals surface area contributed by atoms with E-state index in [4.69, 9.17) is 5.21 Å². The summed E-state index contributed by atoms with van der Waals surface area (Å²) in [4.78, 5) is 10.5. The van der Waals surface area contributed by atoms with Gasteiger partial charge in [-0.1, -0.05) is 0 Å². The molecule has 0 saturated heterocycles. The highest BCUT2D eigenvalue weighted by molar-refractivity contribution is 5.85. The predicted octanol–water partition coefficient (Wildman–Crippen LogP) is 0.834. The van der Waals surface area contributed by atoms with Crippen molar-refractivity contribution < 1.29 is 23.2 Å². The first-order chi connectivity index (χ1) is 4.94. The van der Waals surface area contributed by atoms with Crippen LogP contribution in [0.1, 0.15) is 12.8 Å². The van der Waals surface area contributed by atoms with Crippen LogP contribution in [-0.2, 0) is 4.79 Å². The first-order valence-electron chi connectivity index (χ1n) is 2.95. The molecular formula is C5H6F3NO2. The number of hydrogen-bond acceptors (Lipinski definition) is 2. The number of nitrogens with one attached hydrogen (secondary N) is 1. The van der Waals surface area contributed by atoms with Gasteiger partial charge < -0.3 is 0 Å². The highest BCUT2D eigenvalue weighted by Gasteiger charge is 2.68. The molecule has 0 aliphatic heterocycles. The Morgan fingerprint density at radius 2 is 1.91 bits per heavy atom. The van der Waals surface area contributed by atoms with E-state index in [2.05, 4.69) is 0 Å². The standard InChI is InChI=1S/C5H6F3NO2/c6-5(7,8)4(1-2-4)3(10)9-11/h11H,1-2H2,(H,9,10). The number of hydroxylamine groups is 1. The summed E-state index contributed by atoms with van der Waals surface area (Å²) in [6, 6.07) is 0. The Morgan fingerprint density at radius 3 is 2.00 bits per heavy atom. The Balaban J connectivity index is 2.76. The minimum atomic E-state index is -4.54.